The summed E-state index contributed by atoms with van der Waals surface area (Å²) in [4.78, 5) is 0. The first-order valence-electron chi connectivity index (χ1n) is 6.75. The van der Waals surface area contributed by atoms with E-state index in [0.29, 0.717) is 12.6 Å². The van der Waals surface area contributed by atoms with Crippen LogP contribution >= 0.6 is 0 Å². The van der Waals surface area contributed by atoms with Gasteiger partial charge < -0.3 is 10.1 Å². The molecule has 1 atom stereocenters. The minimum Gasteiger partial charge on any atom is -0.494 e. The number of nitrogens with one attached hydrogen (secondary N) is 1. The monoisotopic (exact) mass is 258 g/mol. The molecule has 2 aromatic rings. The van der Waals surface area contributed by atoms with E-state index in [1.54, 1.807) is 6.33 Å². The third-order valence-electron chi connectivity index (χ3n) is 3.37. The van der Waals surface area contributed by atoms with E-state index in [9.17, 15) is 0 Å². The van der Waals surface area contributed by atoms with Crippen LogP contribution in [0.25, 0.3) is 5.69 Å². The number of hydrogen-bond donors (Lipinski definition) is 1. The Morgan fingerprint density at radius 3 is 2.89 bits per heavy atom. The summed E-state index contributed by atoms with van der Waals surface area (Å²) in [5.74, 6) is 1.88. The largest absolute Gasteiger partial charge is 0.494 e. The zero-order chi connectivity index (χ0) is 13.1. The van der Waals surface area contributed by atoms with Crippen molar-refractivity contribution in [2.45, 2.75) is 25.8 Å². The Bertz CT molecular complexity index is 529. The second kappa shape index (κ2) is 5.40. The molecule has 1 fully saturated rings. The fourth-order valence-corrected chi connectivity index (χ4v) is 2.46. The summed E-state index contributed by atoms with van der Waals surface area (Å²) in [6.07, 6.45) is 4.08. The van der Waals surface area contributed by atoms with Crippen LogP contribution in [0.2, 0.25) is 0 Å². The molecule has 1 unspecified atom stereocenters. The molecule has 5 heteroatoms. The Balaban J connectivity index is 1.87. The molecule has 0 bridgehead atoms. The van der Waals surface area contributed by atoms with Crippen LogP contribution in [0.3, 0.4) is 0 Å². The molecule has 100 valence electrons. The number of nitrogens with zero attached hydrogens (tertiary/aromatic N) is 3. The van der Waals surface area contributed by atoms with E-state index in [-0.39, 0.29) is 0 Å². The lowest BCUT2D eigenvalue weighted by molar-refractivity contribution is 0.340. The average molecular weight is 258 g/mol. The van der Waals surface area contributed by atoms with Crippen LogP contribution in [-0.2, 0) is 0 Å². The van der Waals surface area contributed by atoms with Gasteiger partial charge in [0.25, 0.3) is 0 Å². The zero-order valence-corrected chi connectivity index (χ0v) is 11.0. The van der Waals surface area contributed by atoms with Crippen molar-refractivity contribution in [2.75, 3.05) is 13.2 Å². The molecule has 1 saturated heterocycles. The summed E-state index contributed by atoms with van der Waals surface area (Å²) in [7, 11) is 0. The van der Waals surface area contributed by atoms with Crippen molar-refractivity contribution in [3.63, 3.8) is 0 Å². The lowest BCUT2D eigenvalue weighted by atomic mass is 10.2. The second-order valence-electron chi connectivity index (χ2n) is 4.63. The summed E-state index contributed by atoms with van der Waals surface area (Å²) in [5, 5.41) is 11.7. The first kappa shape index (κ1) is 12.2. The van der Waals surface area contributed by atoms with Crippen LogP contribution in [-0.4, -0.2) is 27.9 Å². The average Bonchev–Trinajstić information content (AvgIpc) is 3.11. The molecular formula is C14H18N4O. The summed E-state index contributed by atoms with van der Waals surface area (Å²) in [6, 6.07) is 8.34. The topological polar surface area (TPSA) is 52.0 Å². The molecule has 1 aromatic heterocycles. The fraction of sp³-hybridized carbons (Fsp3) is 0.429. The Hall–Kier alpha value is -1.88. The molecule has 1 aliphatic rings. The van der Waals surface area contributed by atoms with Gasteiger partial charge in [-0.15, -0.1) is 10.2 Å². The Morgan fingerprint density at radius 1 is 1.37 bits per heavy atom. The van der Waals surface area contributed by atoms with Crippen molar-refractivity contribution in [1.29, 1.82) is 0 Å². The minimum atomic E-state index is 0.314. The number of aromatic nitrogens is 3. The van der Waals surface area contributed by atoms with E-state index in [0.717, 1.165) is 30.2 Å². The number of rotatable bonds is 4. The molecule has 0 saturated carbocycles. The normalized spacial score (nSPS) is 18.7. The van der Waals surface area contributed by atoms with Gasteiger partial charge in [-0.05, 0) is 50.6 Å². The number of ether oxygens (including phenoxy) is 1. The number of benzene rings is 1. The first-order chi connectivity index (χ1) is 9.38. The van der Waals surface area contributed by atoms with Gasteiger partial charge in [0.15, 0.2) is 5.82 Å². The van der Waals surface area contributed by atoms with Gasteiger partial charge in [-0.2, -0.15) is 0 Å². The van der Waals surface area contributed by atoms with Crippen LogP contribution in [0, 0.1) is 0 Å². The molecule has 19 heavy (non-hydrogen) atoms. The Morgan fingerprint density at radius 2 is 2.21 bits per heavy atom. The van der Waals surface area contributed by atoms with Crippen molar-refractivity contribution in [2.24, 2.45) is 0 Å². The molecule has 0 aliphatic carbocycles. The Labute approximate surface area is 112 Å². The van der Waals surface area contributed by atoms with Crippen molar-refractivity contribution >= 4 is 0 Å². The zero-order valence-electron chi connectivity index (χ0n) is 11.0. The van der Waals surface area contributed by atoms with Crippen LogP contribution in [0.1, 0.15) is 31.6 Å². The fourth-order valence-electron chi connectivity index (χ4n) is 2.46. The predicted molar refractivity (Wildman–Crippen MR) is 72.5 cm³/mol. The molecule has 3 rings (SSSR count). The predicted octanol–water partition coefficient (Wildman–Crippen LogP) is 2.09. The van der Waals surface area contributed by atoms with Gasteiger partial charge in [0.2, 0.25) is 0 Å². The maximum Gasteiger partial charge on any atom is 0.154 e. The highest BCUT2D eigenvalue weighted by molar-refractivity contribution is 5.38. The molecule has 2 heterocycles. The van der Waals surface area contributed by atoms with Crippen molar-refractivity contribution in [1.82, 2.24) is 20.1 Å². The standard InChI is InChI=1S/C14H18N4O/c1-2-19-12-7-5-11(6-8-12)18-10-16-17-14(18)13-4-3-9-15-13/h5-8,10,13,15H,2-4,9H2,1H3. The smallest absolute Gasteiger partial charge is 0.154 e. The molecular weight excluding hydrogens is 240 g/mol. The molecule has 5 nitrogen and oxygen atoms in total. The summed E-state index contributed by atoms with van der Waals surface area (Å²) in [5.41, 5.74) is 1.07. The van der Waals surface area contributed by atoms with Gasteiger partial charge in [-0.3, -0.25) is 4.57 Å². The van der Waals surface area contributed by atoms with Gasteiger partial charge in [-0.1, -0.05) is 0 Å². The van der Waals surface area contributed by atoms with Gasteiger partial charge >= 0.3 is 0 Å². The van der Waals surface area contributed by atoms with Gasteiger partial charge in [0, 0.05) is 5.69 Å². The van der Waals surface area contributed by atoms with E-state index in [4.69, 9.17) is 4.74 Å². The van der Waals surface area contributed by atoms with Crippen molar-refractivity contribution < 1.29 is 4.74 Å². The van der Waals surface area contributed by atoms with Gasteiger partial charge in [0.1, 0.15) is 12.1 Å². The molecule has 1 aliphatic heterocycles. The SMILES string of the molecule is CCOc1ccc(-n2cnnc2C2CCCN2)cc1. The van der Waals surface area contributed by atoms with Crippen LogP contribution in [0.4, 0.5) is 0 Å². The lowest BCUT2D eigenvalue weighted by Crippen LogP contribution is -2.17. The quantitative estimate of drug-likeness (QED) is 0.912. The van der Waals surface area contributed by atoms with Crippen molar-refractivity contribution in [3.8, 4) is 11.4 Å². The highest BCUT2D eigenvalue weighted by Gasteiger charge is 2.21. The van der Waals surface area contributed by atoms with Crippen LogP contribution in [0.15, 0.2) is 30.6 Å². The number of hydrogen-bond acceptors (Lipinski definition) is 4. The molecule has 0 spiro atoms. The first-order valence-corrected chi connectivity index (χ1v) is 6.75. The molecule has 0 radical (unpaired) electrons. The molecule has 0 amide bonds. The molecule has 1 N–H and O–H groups in total. The lowest BCUT2D eigenvalue weighted by Gasteiger charge is -2.12. The Kier molecular flexibility index (Phi) is 3.46. The van der Waals surface area contributed by atoms with E-state index in [1.165, 1.54) is 6.42 Å². The van der Waals surface area contributed by atoms with E-state index in [1.807, 2.05) is 35.8 Å². The van der Waals surface area contributed by atoms with Gasteiger partial charge in [0.05, 0.1) is 12.6 Å². The third-order valence-corrected chi connectivity index (χ3v) is 3.37. The van der Waals surface area contributed by atoms with Gasteiger partial charge in [-0.25, -0.2) is 0 Å². The summed E-state index contributed by atoms with van der Waals surface area (Å²) >= 11 is 0. The van der Waals surface area contributed by atoms with E-state index < -0.39 is 0 Å². The highest BCUT2D eigenvalue weighted by Crippen LogP contribution is 2.24. The summed E-state index contributed by atoms with van der Waals surface area (Å²) < 4.78 is 7.50. The maximum absolute atomic E-state index is 5.46. The van der Waals surface area contributed by atoms with Crippen molar-refractivity contribution in [3.05, 3.63) is 36.4 Å². The highest BCUT2D eigenvalue weighted by atomic mass is 16.5. The van der Waals surface area contributed by atoms with Crippen LogP contribution in [0.5, 0.6) is 5.75 Å². The van der Waals surface area contributed by atoms with Crippen LogP contribution < -0.4 is 10.1 Å². The summed E-state index contributed by atoms with van der Waals surface area (Å²) in [6.45, 7) is 3.72. The minimum absolute atomic E-state index is 0.314. The van der Waals surface area contributed by atoms with E-state index in [2.05, 4.69) is 15.5 Å². The maximum atomic E-state index is 5.46. The third kappa shape index (κ3) is 2.46. The molecule has 1 aromatic carbocycles. The van der Waals surface area contributed by atoms with E-state index >= 15 is 0 Å². The second-order valence-corrected chi connectivity index (χ2v) is 4.63.